The normalized spacial score (nSPS) is 19.0. The number of hydrogen-bond donors (Lipinski definition) is 0. The molecule has 0 fully saturated rings. The topological polar surface area (TPSA) is 31.2 Å². The second-order valence-corrected chi connectivity index (χ2v) is 8.88. The molecule has 150 valence electrons. The average Bonchev–Trinajstić information content (AvgIpc) is 2.68. The minimum atomic E-state index is -0.109. The summed E-state index contributed by atoms with van der Waals surface area (Å²) in [5.41, 5.74) is 5.08. The summed E-state index contributed by atoms with van der Waals surface area (Å²) in [5, 5.41) is 11.6. The third-order valence-electron chi connectivity index (χ3n) is 5.45. The van der Waals surface area contributed by atoms with Crippen LogP contribution in [-0.4, -0.2) is 16.6 Å². The Hall–Kier alpha value is -2.36. The molecule has 4 nitrogen and oxygen atoms in total. The lowest BCUT2D eigenvalue weighted by Crippen LogP contribution is -2.40. The van der Waals surface area contributed by atoms with Crippen molar-refractivity contribution in [1.29, 1.82) is 0 Å². The Balaban J connectivity index is 2.20. The van der Waals surface area contributed by atoms with Crippen LogP contribution in [0.4, 0.5) is 5.69 Å². The van der Waals surface area contributed by atoms with Crippen molar-refractivity contribution in [1.82, 2.24) is 5.01 Å². The van der Waals surface area contributed by atoms with E-state index in [0.29, 0.717) is 12.6 Å². The highest BCUT2D eigenvalue weighted by atomic mass is 15.6. The average molecular weight is 379 g/mol. The molecule has 0 saturated heterocycles. The molecule has 0 N–H and O–H groups in total. The monoisotopic (exact) mass is 378 g/mol. The molecular formula is C24H34N4. The SMILES string of the molecule is CCC1c2ccccc2CN(C(C)C)c2ccccc2C/N=N\N1C(C)(C)C. The Morgan fingerprint density at radius 1 is 1.00 bits per heavy atom. The quantitative estimate of drug-likeness (QED) is 0.594. The highest BCUT2D eigenvalue weighted by Crippen LogP contribution is 2.36. The summed E-state index contributed by atoms with van der Waals surface area (Å²) in [6, 6.07) is 18.0. The first-order valence-corrected chi connectivity index (χ1v) is 10.4. The third-order valence-corrected chi connectivity index (χ3v) is 5.45. The van der Waals surface area contributed by atoms with Gasteiger partial charge in [-0.05, 0) is 63.8 Å². The van der Waals surface area contributed by atoms with Crippen LogP contribution in [0.5, 0.6) is 0 Å². The van der Waals surface area contributed by atoms with Crippen LogP contribution >= 0.6 is 0 Å². The first-order chi connectivity index (χ1) is 13.3. The Morgan fingerprint density at radius 3 is 2.29 bits per heavy atom. The molecule has 2 aromatic carbocycles. The van der Waals surface area contributed by atoms with Crippen molar-refractivity contribution >= 4 is 5.69 Å². The van der Waals surface area contributed by atoms with Crippen molar-refractivity contribution in [3.63, 3.8) is 0 Å². The first kappa shape index (κ1) is 20.4. The maximum atomic E-state index is 4.76. The lowest BCUT2D eigenvalue weighted by atomic mass is 9.94. The smallest absolute Gasteiger partial charge is 0.0890 e. The van der Waals surface area contributed by atoms with Gasteiger partial charge in [0.15, 0.2) is 0 Å². The Kier molecular flexibility index (Phi) is 6.07. The number of benzene rings is 2. The number of nitrogens with zero attached hydrogens (tertiary/aromatic N) is 4. The molecular weight excluding hydrogens is 344 g/mol. The largest absolute Gasteiger partial charge is 0.364 e. The molecule has 0 aliphatic carbocycles. The van der Waals surface area contributed by atoms with E-state index in [1.807, 2.05) is 0 Å². The van der Waals surface area contributed by atoms with Gasteiger partial charge in [0.25, 0.3) is 0 Å². The minimum absolute atomic E-state index is 0.109. The van der Waals surface area contributed by atoms with Crippen LogP contribution in [0.1, 0.15) is 70.7 Å². The summed E-state index contributed by atoms with van der Waals surface area (Å²) >= 11 is 0. The molecule has 1 aliphatic rings. The Labute approximate surface area is 170 Å². The molecule has 1 atom stereocenters. The number of para-hydroxylation sites is 1. The fourth-order valence-corrected chi connectivity index (χ4v) is 4.02. The van der Waals surface area contributed by atoms with E-state index in [0.717, 1.165) is 13.0 Å². The Bertz CT molecular complexity index is 819. The molecule has 0 saturated carbocycles. The molecule has 1 unspecified atom stereocenters. The van der Waals surface area contributed by atoms with E-state index in [4.69, 9.17) is 5.22 Å². The predicted molar refractivity (Wildman–Crippen MR) is 117 cm³/mol. The van der Waals surface area contributed by atoms with Gasteiger partial charge in [0.1, 0.15) is 0 Å². The first-order valence-electron chi connectivity index (χ1n) is 10.4. The van der Waals surface area contributed by atoms with E-state index >= 15 is 0 Å². The zero-order chi connectivity index (χ0) is 20.3. The molecule has 0 amide bonds. The van der Waals surface area contributed by atoms with Crippen LogP contribution in [-0.2, 0) is 13.1 Å². The highest BCUT2D eigenvalue weighted by Gasteiger charge is 2.30. The van der Waals surface area contributed by atoms with Crippen molar-refractivity contribution in [2.75, 3.05) is 4.90 Å². The maximum absolute atomic E-state index is 4.76. The standard InChI is InChI=1S/C24H34N4/c1-7-22-21-14-10-8-13-20(21)17-27(18(2)3)23-15-11-9-12-19(23)16-25-26-28(22)24(4,5)6/h8-15,18,22H,7,16-17H2,1-6H3/b26-25-. The second-order valence-electron chi connectivity index (χ2n) is 8.88. The van der Waals surface area contributed by atoms with Crippen LogP contribution in [0.25, 0.3) is 0 Å². The van der Waals surface area contributed by atoms with Crippen LogP contribution in [0.2, 0.25) is 0 Å². The van der Waals surface area contributed by atoms with Gasteiger partial charge in [-0.2, -0.15) is 5.11 Å². The zero-order valence-corrected chi connectivity index (χ0v) is 18.2. The van der Waals surface area contributed by atoms with E-state index in [9.17, 15) is 0 Å². The van der Waals surface area contributed by atoms with Crippen molar-refractivity contribution in [3.05, 3.63) is 65.2 Å². The number of hydrogen-bond acceptors (Lipinski definition) is 4. The van der Waals surface area contributed by atoms with E-state index < -0.39 is 0 Å². The van der Waals surface area contributed by atoms with Gasteiger partial charge in [-0.3, -0.25) is 5.01 Å². The van der Waals surface area contributed by atoms with Gasteiger partial charge in [0, 0.05) is 18.3 Å². The zero-order valence-electron chi connectivity index (χ0n) is 18.2. The number of fused-ring (bicyclic) bond motifs is 2. The fraction of sp³-hybridized carbons (Fsp3) is 0.500. The molecule has 0 spiro atoms. The molecule has 4 heteroatoms. The Morgan fingerprint density at radius 2 is 1.64 bits per heavy atom. The van der Waals surface area contributed by atoms with E-state index in [-0.39, 0.29) is 11.6 Å². The summed E-state index contributed by atoms with van der Waals surface area (Å²) < 4.78 is 0. The lowest BCUT2D eigenvalue weighted by molar-refractivity contribution is 0.0697. The second kappa shape index (κ2) is 8.34. The summed E-state index contributed by atoms with van der Waals surface area (Å²) in [7, 11) is 0. The van der Waals surface area contributed by atoms with Gasteiger partial charge in [0.05, 0.1) is 18.1 Å². The van der Waals surface area contributed by atoms with E-state index in [2.05, 4.69) is 105 Å². The van der Waals surface area contributed by atoms with Gasteiger partial charge in [-0.1, -0.05) is 54.6 Å². The van der Waals surface area contributed by atoms with Crippen molar-refractivity contribution in [2.45, 2.75) is 78.7 Å². The third kappa shape index (κ3) is 4.21. The fourth-order valence-electron chi connectivity index (χ4n) is 4.02. The minimum Gasteiger partial charge on any atom is -0.364 e. The molecule has 28 heavy (non-hydrogen) atoms. The van der Waals surface area contributed by atoms with E-state index in [1.165, 1.54) is 22.4 Å². The number of anilines is 1. The summed E-state index contributed by atoms with van der Waals surface area (Å²) in [6.45, 7) is 14.9. The van der Waals surface area contributed by atoms with Crippen LogP contribution in [0.3, 0.4) is 0 Å². The molecule has 2 aromatic rings. The van der Waals surface area contributed by atoms with Crippen molar-refractivity contribution < 1.29 is 0 Å². The van der Waals surface area contributed by atoms with Crippen molar-refractivity contribution in [2.24, 2.45) is 10.3 Å². The molecule has 0 radical (unpaired) electrons. The lowest BCUT2D eigenvalue weighted by Gasteiger charge is -2.39. The van der Waals surface area contributed by atoms with E-state index in [1.54, 1.807) is 0 Å². The molecule has 0 aromatic heterocycles. The molecule has 1 aliphatic heterocycles. The summed E-state index contributed by atoms with van der Waals surface area (Å²) in [4.78, 5) is 2.49. The maximum Gasteiger partial charge on any atom is 0.0890 e. The van der Waals surface area contributed by atoms with Crippen LogP contribution in [0, 0.1) is 0 Å². The molecule has 1 heterocycles. The van der Waals surface area contributed by atoms with Gasteiger partial charge in [-0.25, -0.2) is 0 Å². The summed E-state index contributed by atoms with van der Waals surface area (Å²) in [5.74, 6) is 0. The van der Waals surface area contributed by atoms with Gasteiger partial charge in [0.2, 0.25) is 0 Å². The highest BCUT2D eigenvalue weighted by molar-refractivity contribution is 5.55. The molecule has 3 rings (SSSR count). The van der Waals surface area contributed by atoms with Gasteiger partial charge < -0.3 is 4.90 Å². The van der Waals surface area contributed by atoms with Gasteiger partial charge >= 0.3 is 0 Å². The van der Waals surface area contributed by atoms with Gasteiger partial charge in [-0.15, -0.1) is 0 Å². The summed E-state index contributed by atoms with van der Waals surface area (Å²) in [6.07, 6.45) is 0.988. The predicted octanol–water partition coefficient (Wildman–Crippen LogP) is 6.53. The molecule has 0 bridgehead atoms. The van der Waals surface area contributed by atoms with Crippen molar-refractivity contribution in [3.8, 4) is 0 Å². The van der Waals surface area contributed by atoms with Crippen LogP contribution in [0.15, 0.2) is 58.9 Å². The number of rotatable bonds is 2. The van der Waals surface area contributed by atoms with Crippen LogP contribution < -0.4 is 4.90 Å².